The number of nitro groups is 1. The van der Waals surface area contributed by atoms with Crippen LogP contribution in [-0.2, 0) is 6.54 Å². The Labute approximate surface area is 143 Å². The third kappa shape index (κ3) is 2.55. The van der Waals surface area contributed by atoms with Crippen LogP contribution < -0.4 is 5.32 Å². The molecule has 1 aromatic heterocycles. The van der Waals surface area contributed by atoms with Crippen LogP contribution in [0, 0.1) is 10.1 Å². The normalized spacial score (nSPS) is 12.6. The van der Waals surface area contributed by atoms with Crippen molar-refractivity contribution < 1.29 is 4.92 Å². The zero-order valence-corrected chi connectivity index (χ0v) is 13.5. The number of nitro benzene ring substituents is 1. The monoisotopic (exact) mass is 333 g/mol. The fourth-order valence-corrected chi connectivity index (χ4v) is 2.96. The quantitative estimate of drug-likeness (QED) is 0.589. The van der Waals surface area contributed by atoms with Gasteiger partial charge in [0.2, 0.25) is 0 Å². The molecule has 1 N–H and O–H groups in total. The minimum Gasteiger partial charge on any atom is -0.372 e. The molecule has 0 aliphatic carbocycles. The summed E-state index contributed by atoms with van der Waals surface area (Å²) in [4.78, 5) is 15.6. The van der Waals surface area contributed by atoms with Gasteiger partial charge < -0.3 is 5.32 Å². The summed E-state index contributed by atoms with van der Waals surface area (Å²) in [7, 11) is 1.80. The molecule has 25 heavy (non-hydrogen) atoms. The van der Waals surface area contributed by atoms with Gasteiger partial charge in [-0.05, 0) is 6.07 Å². The minimum absolute atomic E-state index is 0.0341. The van der Waals surface area contributed by atoms with Crippen molar-refractivity contribution in [3.05, 3.63) is 81.5 Å². The zero-order valence-electron chi connectivity index (χ0n) is 13.5. The summed E-state index contributed by atoms with van der Waals surface area (Å²) < 4.78 is 1.80. The summed E-state index contributed by atoms with van der Waals surface area (Å²) in [5.74, 6) is 0.734. The van der Waals surface area contributed by atoms with Crippen LogP contribution in [0.15, 0.2) is 59.6 Å². The van der Waals surface area contributed by atoms with E-state index in [0.717, 1.165) is 28.5 Å². The Hall–Kier alpha value is -3.48. The van der Waals surface area contributed by atoms with Gasteiger partial charge in [-0.3, -0.25) is 15.1 Å². The molecule has 7 nitrogen and oxygen atoms in total. The van der Waals surface area contributed by atoms with E-state index in [2.05, 4.69) is 10.4 Å². The number of nitrogens with zero attached hydrogens (tertiary/aromatic N) is 4. The molecule has 0 fully saturated rings. The second-order valence-corrected chi connectivity index (χ2v) is 5.67. The molecular formula is C18H15N5O2. The highest BCUT2D eigenvalue weighted by Gasteiger charge is 2.23. The Morgan fingerprint density at radius 1 is 1.16 bits per heavy atom. The molecule has 0 amide bonds. The van der Waals surface area contributed by atoms with Crippen molar-refractivity contribution in [1.82, 2.24) is 9.78 Å². The number of aliphatic imine (C=N–C) groups is 1. The number of non-ortho nitro benzene ring substituents is 1. The molecule has 124 valence electrons. The second kappa shape index (κ2) is 5.86. The summed E-state index contributed by atoms with van der Waals surface area (Å²) in [6, 6.07) is 16.4. The molecule has 2 aromatic carbocycles. The van der Waals surface area contributed by atoms with Gasteiger partial charge in [-0.1, -0.05) is 30.3 Å². The van der Waals surface area contributed by atoms with E-state index in [1.165, 1.54) is 6.07 Å². The lowest BCUT2D eigenvalue weighted by Gasteiger charge is -2.11. The Morgan fingerprint density at radius 2 is 1.96 bits per heavy atom. The Morgan fingerprint density at radius 3 is 2.68 bits per heavy atom. The standard InChI is InChI=1S/C18H15N5O2/c1-19-17-10-14-11-20-18(12-5-3-2-4-6-12)15-9-13(23(24)25)7-8-16(15)22(14)21-17/h2-10H,11H2,1H3,(H,19,21). The average molecular weight is 333 g/mol. The van der Waals surface area contributed by atoms with Crippen molar-refractivity contribution in [2.45, 2.75) is 6.54 Å². The summed E-state index contributed by atoms with van der Waals surface area (Å²) >= 11 is 0. The molecular weight excluding hydrogens is 318 g/mol. The first-order valence-electron chi connectivity index (χ1n) is 7.83. The molecule has 0 saturated carbocycles. The van der Waals surface area contributed by atoms with Gasteiger partial charge in [0.05, 0.1) is 28.6 Å². The first-order chi connectivity index (χ1) is 12.2. The largest absolute Gasteiger partial charge is 0.372 e. The average Bonchev–Trinajstić information content (AvgIpc) is 2.99. The molecule has 2 heterocycles. The van der Waals surface area contributed by atoms with Crippen LogP contribution in [-0.4, -0.2) is 27.5 Å². The highest BCUT2D eigenvalue weighted by atomic mass is 16.6. The van der Waals surface area contributed by atoms with Gasteiger partial charge in [-0.25, -0.2) is 4.68 Å². The number of hydrogen-bond donors (Lipinski definition) is 1. The molecule has 0 unspecified atom stereocenters. The van der Waals surface area contributed by atoms with Crippen LogP contribution in [0.25, 0.3) is 5.69 Å². The van der Waals surface area contributed by atoms with Crippen LogP contribution in [0.2, 0.25) is 0 Å². The van der Waals surface area contributed by atoms with E-state index >= 15 is 0 Å². The van der Waals surface area contributed by atoms with Crippen molar-refractivity contribution in [3.8, 4) is 5.69 Å². The number of hydrogen-bond acceptors (Lipinski definition) is 5. The van der Waals surface area contributed by atoms with E-state index in [1.807, 2.05) is 36.4 Å². The van der Waals surface area contributed by atoms with Gasteiger partial charge in [0.25, 0.3) is 5.69 Å². The fraction of sp³-hybridized carbons (Fsp3) is 0.111. The molecule has 0 saturated heterocycles. The van der Waals surface area contributed by atoms with Crippen molar-refractivity contribution in [1.29, 1.82) is 0 Å². The van der Waals surface area contributed by atoms with E-state index < -0.39 is 4.92 Å². The number of rotatable bonds is 3. The van der Waals surface area contributed by atoms with E-state index in [-0.39, 0.29) is 5.69 Å². The maximum Gasteiger partial charge on any atom is 0.270 e. The van der Waals surface area contributed by atoms with Crippen molar-refractivity contribution in [2.75, 3.05) is 12.4 Å². The van der Waals surface area contributed by atoms with Crippen LogP contribution in [0.3, 0.4) is 0 Å². The van der Waals surface area contributed by atoms with Gasteiger partial charge in [-0.2, -0.15) is 5.10 Å². The van der Waals surface area contributed by atoms with Crippen molar-refractivity contribution in [3.63, 3.8) is 0 Å². The first-order valence-corrected chi connectivity index (χ1v) is 7.83. The lowest BCUT2D eigenvalue weighted by molar-refractivity contribution is -0.384. The van der Waals surface area contributed by atoms with E-state index in [4.69, 9.17) is 4.99 Å². The SMILES string of the molecule is CNc1cc2n(n1)-c1ccc([N+](=O)[O-])cc1C(c1ccccc1)=NC2. The third-order valence-corrected chi connectivity index (χ3v) is 4.16. The van der Waals surface area contributed by atoms with Crippen LogP contribution in [0.4, 0.5) is 11.5 Å². The van der Waals surface area contributed by atoms with Crippen molar-refractivity contribution >= 4 is 17.2 Å². The molecule has 4 rings (SSSR count). The van der Waals surface area contributed by atoms with Gasteiger partial charge in [0, 0.05) is 36.4 Å². The molecule has 3 aromatic rings. The van der Waals surface area contributed by atoms with Gasteiger partial charge in [0.1, 0.15) is 5.82 Å². The lowest BCUT2D eigenvalue weighted by Crippen LogP contribution is -2.09. The minimum atomic E-state index is -0.392. The lowest BCUT2D eigenvalue weighted by atomic mass is 10.00. The zero-order chi connectivity index (χ0) is 17.4. The number of benzene rings is 2. The molecule has 0 atom stereocenters. The van der Waals surface area contributed by atoms with Crippen molar-refractivity contribution in [2.24, 2.45) is 4.99 Å². The summed E-state index contributed by atoms with van der Waals surface area (Å²) in [6.45, 7) is 0.446. The number of fused-ring (bicyclic) bond motifs is 3. The first kappa shape index (κ1) is 15.1. The topological polar surface area (TPSA) is 85.3 Å². The maximum absolute atomic E-state index is 11.2. The van der Waals surface area contributed by atoms with Crippen LogP contribution >= 0.6 is 0 Å². The predicted octanol–water partition coefficient (Wildman–Crippen LogP) is 3.17. The van der Waals surface area contributed by atoms with E-state index in [9.17, 15) is 10.1 Å². The second-order valence-electron chi connectivity index (χ2n) is 5.67. The van der Waals surface area contributed by atoms with Crippen LogP contribution in [0.5, 0.6) is 0 Å². The van der Waals surface area contributed by atoms with E-state index in [1.54, 1.807) is 23.9 Å². The summed E-state index contributed by atoms with van der Waals surface area (Å²) in [6.07, 6.45) is 0. The predicted molar refractivity (Wildman–Crippen MR) is 95.6 cm³/mol. The Balaban J connectivity index is 1.97. The fourth-order valence-electron chi connectivity index (χ4n) is 2.96. The van der Waals surface area contributed by atoms with Gasteiger partial charge in [0.15, 0.2) is 0 Å². The number of aromatic nitrogens is 2. The highest BCUT2D eigenvalue weighted by Crippen LogP contribution is 2.29. The maximum atomic E-state index is 11.2. The van der Waals surface area contributed by atoms with Crippen LogP contribution in [0.1, 0.15) is 16.8 Å². The summed E-state index contributed by atoms with van der Waals surface area (Å²) in [5.41, 5.74) is 4.09. The number of nitrogens with one attached hydrogen (secondary N) is 1. The smallest absolute Gasteiger partial charge is 0.270 e. The summed E-state index contributed by atoms with van der Waals surface area (Å²) in [5, 5.41) is 18.8. The molecule has 0 spiro atoms. The Kier molecular flexibility index (Phi) is 3.53. The highest BCUT2D eigenvalue weighted by molar-refractivity contribution is 6.15. The van der Waals surface area contributed by atoms with Gasteiger partial charge in [-0.15, -0.1) is 0 Å². The number of anilines is 1. The molecule has 0 bridgehead atoms. The third-order valence-electron chi connectivity index (χ3n) is 4.16. The molecule has 7 heteroatoms. The van der Waals surface area contributed by atoms with Gasteiger partial charge >= 0.3 is 0 Å². The molecule has 1 aliphatic rings. The molecule has 1 aliphatic heterocycles. The van der Waals surface area contributed by atoms with E-state index in [0.29, 0.717) is 12.1 Å². The molecule has 0 radical (unpaired) electrons. The Bertz CT molecular complexity index is 992.